The third kappa shape index (κ3) is 27.4. The van der Waals surface area contributed by atoms with Gasteiger partial charge in [0.1, 0.15) is 46.4 Å². The molecule has 686 valence electrons. The van der Waals surface area contributed by atoms with Crippen molar-refractivity contribution in [2.75, 3.05) is 11.5 Å². The third-order valence-electron chi connectivity index (χ3n) is 20.7. The summed E-state index contributed by atoms with van der Waals surface area (Å²) in [5.74, 6) is 7.91. The Kier molecular flexibility index (Phi) is 40.1. The minimum atomic E-state index is -3.74. The van der Waals surface area contributed by atoms with Crippen molar-refractivity contribution in [3.63, 3.8) is 0 Å². The molecule has 23 nitrogen and oxygen atoms in total. The van der Waals surface area contributed by atoms with Crippen molar-refractivity contribution in [3.8, 4) is 11.1 Å². The number of rotatable bonds is 11. The van der Waals surface area contributed by atoms with Crippen LogP contribution < -0.4 is 33.4 Å². The molecule has 11 N–H and O–H groups in total. The van der Waals surface area contributed by atoms with Crippen LogP contribution in [0.25, 0.3) is 80.4 Å². The summed E-state index contributed by atoms with van der Waals surface area (Å²) in [5.41, 5.74) is 23.5. The van der Waals surface area contributed by atoms with Crippen LogP contribution in [0.4, 0.5) is 33.6 Å². The molecule has 0 radical (unpaired) electrons. The van der Waals surface area contributed by atoms with Gasteiger partial charge in [0.2, 0.25) is 0 Å². The number of halogens is 9. The molecule has 8 aromatic heterocycles. The zero-order chi connectivity index (χ0) is 94.8. The molecular formula is C94H100B2Br4F5N14O9S2U-. The number of benzene rings is 7. The van der Waals surface area contributed by atoms with E-state index >= 15 is 4.39 Å². The summed E-state index contributed by atoms with van der Waals surface area (Å²) in [7, 11) is -3.68. The maximum Gasteiger partial charge on any atom is 0.497 e. The molecule has 0 saturated carbocycles. The van der Waals surface area contributed by atoms with Crippen LogP contribution in [0.5, 0.6) is 0 Å². The van der Waals surface area contributed by atoms with Gasteiger partial charge in [0.15, 0.2) is 6.29 Å². The maximum absolute atomic E-state index is 15.2. The van der Waals surface area contributed by atoms with E-state index in [2.05, 4.69) is 139 Å². The fraction of sp³-hybridized carbons (Fsp3) is 0.223. The topological polar surface area (TPSA) is 374 Å². The second-order valence-corrected chi connectivity index (χ2v) is 36.6. The number of carbonyl (C=O) groups excluding carboxylic acids is 1. The van der Waals surface area contributed by atoms with Crippen LogP contribution >= 0.6 is 63.7 Å². The first-order valence-corrected chi connectivity index (χ1v) is 45.8. The Morgan fingerprint density at radius 3 is 1.45 bits per heavy atom. The number of nitrogens with two attached hydrogens (primary N) is 4. The molecule has 1 aliphatic heterocycles. The van der Waals surface area contributed by atoms with Crippen LogP contribution in [0, 0.1) is 87.9 Å². The predicted molar refractivity (Wildman–Crippen MR) is 529 cm³/mol. The molecular weight excluding hydrogens is 2210 g/mol. The fourth-order valence-corrected chi connectivity index (χ4v) is 16.2. The first-order valence-electron chi connectivity index (χ1n) is 40.1. The van der Waals surface area contributed by atoms with Crippen LogP contribution in [-0.4, -0.2) is 105 Å². The number of aromatic nitrogens is 8. The van der Waals surface area contributed by atoms with Crippen molar-refractivity contribution >= 4 is 198 Å². The van der Waals surface area contributed by atoms with E-state index in [0.717, 1.165) is 102 Å². The number of fused-ring (bicyclic) bond motifs is 7. The first kappa shape index (κ1) is 109. The molecule has 2 aliphatic rings. The number of hydrogen-bond donors (Lipinski definition) is 7. The smallest absolute Gasteiger partial charge is 0.497 e. The summed E-state index contributed by atoms with van der Waals surface area (Å²) < 4.78 is 132. The number of nitrogens with zero attached hydrogens (tertiary/aromatic N) is 9. The molecule has 1 fully saturated rings. The van der Waals surface area contributed by atoms with Crippen LogP contribution in [0.2, 0.25) is 6.82 Å². The van der Waals surface area contributed by atoms with Crippen molar-refractivity contribution in [1.82, 2.24) is 44.3 Å². The first-order chi connectivity index (χ1) is 61.1. The Balaban J connectivity index is 0.000000238. The molecule has 7 aromatic carbocycles. The summed E-state index contributed by atoms with van der Waals surface area (Å²) in [6.45, 7) is 25.0. The molecule has 1 aliphatic carbocycles. The quantitative estimate of drug-likeness (QED) is 0.0120. The molecule has 0 bridgehead atoms. The van der Waals surface area contributed by atoms with Gasteiger partial charge in [-0.25, -0.2) is 36.8 Å². The van der Waals surface area contributed by atoms with Crippen LogP contribution in [0.3, 0.4) is 0 Å². The third-order valence-corrected chi connectivity index (χ3v) is 25.1. The minimum absolute atomic E-state index is 0. The number of allylic oxidation sites excluding steroid dienone is 1. The molecule has 0 amide bonds. The largest absolute Gasteiger partial charge is 0.768 e. The molecule has 37 heteroatoms. The molecule has 0 spiro atoms. The van der Waals surface area contributed by atoms with Gasteiger partial charge in [-0.3, -0.25) is 45.6 Å². The average molecular weight is 2310 g/mol. The number of carbonyl (C=O) groups is 1. The normalized spacial score (nSPS) is 13.3. The zero-order valence-electron chi connectivity index (χ0n) is 73.3. The number of hydrazone groups is 1. The molecule has 9 heterocycles. The molecule has 131 heavy (non-hydrogen) atoms. The van der Waals surface area contributed by atoms with Gasteiger partial charge in [0.05, 0.1) is 46.9 Å². The summed E-state index contributed by atoms with van der Waals surface area (Å²) in [5, 5.41) is 26.0. The van der Waals surface area contributed by atoms with E-state index in [0.29, 0.717) is 102 Å². The molecule has 17 rings (SSSR count). The number of pyridine rings is 7. The van der Waals surface area contributed by atoms with Gasteiger partial charge in [-0.15, -0.1) is 0 Å². The van der Waals surface area contributed by atoms with E-state index in [1.165, 1.54) is 43.1 Å². The van der Waals surface area contributed by atoms with Gasteiger partial charge >= 0.3 is 14.2 Å². The van der Waals surface area contributed by atoms with E-state index in [-0.39, 0.29) is 68.1 Å². The summed E-state index contributed by atoms with van der Waals surface area (Å²) >= 11 is 10.8. The van der Waals surface area contributed by atoms with Gasteiger partial charge in [0, 0.05) is 175 Å². The maximum atomic E-state index is 15.2. The zero-order valence-corrected chi connectivity index (χ0v) is 85.4. The van der Waals surface area contributed by atoms with Crippen molar-refractivity contribution < 1.29 is 95.8 Å². The van der Waals surface area contributed by atoms with Gasteiger partial charge in [-0.2, -0.15) is 13.5 Å². The van der Waals surface area contributed by atoms with E-state index in [4.69, 9.17) is 30.8 Å². The van der Waals surface area contributed by atoms with Crippen LogP contribution in [0.1, 0.15) is 137 Å². The monoisotopic (exact) mass is 2310 g/mol. The fourth-order valence-electron chi connectivity index (χ4n) is 13.2. The predicted octanol–water partition coefficient (Wildman–Crippen LogP) is 20.9. The Morgan fingerprint density at radius 2 is 0.992 bits per heavy atom. The summed E-state index contributed by atoms with van der Waals surface area (Å²) in [6.07, 6.45) is 16.0. The van der Waals surface area contributed by atoms with Gasteiger partial charge < -0.3 is 39.9 Å². The van der Waals surface area contributed by atoms with E-state index in [9.17, 15) is 39.5 Å². The Bertz CT molecular complexity index is 6820. The van der Waals surface area contributed by atoms with Gasteiger partial charge in [-0.05, 0) is 258 Å². The summed E-state index contributed by atoms with van der Waals surface area (Å²) in [4.78, 5) is 42.3. The van der Waals surface area contributed by atoms with Crippen molar-refractivity contribution in [2.24, 2.45) is 23.8 Å². The van der Waals surface area contributed by atoms with Crippen molar-refractivity contribution in [1.29, 1.82) is 0 Å². The number of nitrogens with one attached hydrogen (secondary N) is 1. The SMILES string of the molecule is C.CB(O)O.CCc1cc2ccc(-c3cn(C)c4cc(C)nc(N)c34)c(F)c2cn1.CCc1cc2ccc(B3OC(C)(C)C(C)(C)O3)c(F)c2cn1.CCc1cc2ccc(Br)c(F)c2cn1.Cc1cc2c(c(N)n1)C(Br)=CC2C.Cc1ccc(S(=O)(=O)N/N=C/c2cc3ccc(Br)c(F)c3cn2)cc1.Cc1ccc(S(=O)[O-])cc1.NN.O=Cc1cc2ccc(Br)c(F)c2cn1.[3HH].[U]. The average Bonchev–Trinajstić information content (AvgIpc) is 1.59. The van der Waals surface area contributed by atoms with Crippen LogP contribution in [-0.2, 0) is 56.7 Å². The number of nitrogen functional groups attached to an aromatic ring is 2. The van der Waals surface area contributed by atoms with E-state index in [1.807, 2.05) is 143 Å². The number of anilines is 2. The Hall–Kier alpha value is -9.52. The number of aryl methyl sites for hydroxylation is 8. The van der Waals surface area contributed by atoms with Gasteiger partial charge in [-0.1, -0.05) is 135 Å². The molecule has 2 atom stereocenters. The minimum Gasteiger partial charge on any atom is -0.768 e. The van der Waals surface area contributed by atoms with Crippen molar-refractivity contribution in [3.05, 3.63) is 300 Å². The number of sulfonamides is 1. The standard InChI is InChI=1S/C20H19FN4.C17H21BFNO2.C17H13BrFN3O2S.C11H9BrFN.C10H5BrFNO.C10H11BrN2.C7H8O2S.CH5BO2.CH4.H4N2.U.H2/c1-4-13-8-12-5-6-14(19(21)15(12)9-23-13)16-10-25(3)17-7-11(2)24-20(22)18(16)17;1-6-12-9-11-7-8-14(15(19)13(11)10-20-12)18-21-16(2,3)17(4,5)22-18;1-11-2-5-14(6-3-11)25(23,24)22-21-9-13-8-12-4-7-16(18)17(19)15(12)10-20-13;1-2-8-5-7-3-4-10(12)11(13)9(7)6-14-8;11-9-2-1-6-3-7(5-14)13-4-8(6)10(9)12;1-5-3-8(11)9-7(5)4-6(2)13-10(9)12;1-6-2-4-7(5-3-6)10(8)9;1-2(3)4;;1-2;;/h5-10H,4H2,1-3H3,(H2,22,24);7-10H,6H2,1-5H3;2-10,22H,1H3;3-6H,2H2,1H3;1-5H;3-5H,1-2H3,(H2,12,13);2-5H,1H3,(H,8,9);3-4H,1H3;1H4;1-2H2;;1H/p-1/b;;21-9+;;;;;;;;;/i;;;;;;;;;;;1+2. The second-order valence-electron chi connectivity index (χ2n) is 30.6. The number of aldehydes is 1. The Labute approximate surface area is 820 Å². The Morgan fingerprint density at radius 1 is 0.595 bits per heavy atom. The summed E-state index contributed by atoms with van der Waals surface area (Å²) in [6, 6.07) is 43.8. The second kappa shape index (κ2) is 48.4. The number of hydrazine groups is 1. The molecule has 2 unspecified atom stereocenters. The van der Waals surface area contributed by atoms with Crippen molar-refractivity contribution in [2.45, 2.75) is 144 Å². The number of hydrogen-bond acceptors (Lipinski definition) is 21. The molecule has 1 saturated heterocycles. The van der Waals surface area contributed by atoms with E-state index < -0.39 is 52.4 Å². The van der Waals surface area contributed by atoms with E-state index in [1.54, 1.807) is 104 Å². The molecule has 15 aromatic rings. The van der Waals surface area contributed by atoms with Gasteiger partial charge in [0.25, 0.3) is 10.0 Å². The van der Waals surface area contributed by atoms with Crippen LogP contribution in [0.15, 0.2) is 223 Å².